The summed E-state index contributed by atoms with van der Waals surface area (Å²) in [6.45, 7) is 6.01. The number of carbonyl (C=O) groups is 1. The number of aryl methyl sites for hydroxylation is 2. The molecule has 1 atom stereocenters. The number of hydrogen-bond acceptors (Lipinski definition) is 5. The number of amides is 1. The molecule has 1 aliphatic rings. The lowest BCUT2D eigenvalue weighted by Gasteiger charge is -2.13. The second-order valence-corrected chi connectivity index (χ2v) is 9.60. The Morgan fingerprint density at radius 1 is 1.32 bits per heavy atom. The molecule has 146 valence electrons. The number of aromatic nitrogens is 2. The minimum absolute atomic E-state index is 0.00356. The summed E-state index contributed by atoms with van der Waals surface area (Å²) < 4.78 is 1.56. The Bertz CT molecular complexity index is 1130. The van der Waals surface area contributed by atoms with Crippen LogP contribution in [0.2, 0.25) is 0 Å². The molecule has 5 nitrogen and oxygen atoms in total. The van der Waals surface area contributed by atoms with E-state index in [4.69, 9.17) is 4.98 Å². The first kappa shape index (κ1) is 19.2. The largest absolute Gasteiger partial charge is 0.352 e. The molecular formula is C21H23N3O2S2. The quantitative estimate of drug-likeness (QED) is 0.506. The monoisotopic (exact) mass is 413 g/mol. The Labute approximate surface area is 172 Å². The van der Waals surface area contributed by atoms with Gasteiger partial charge in [0.05, 0.1) is 10.6 Å². The standard InChI is InChI=1S/C21H23N3O2S2/c1-11-5-6-14(9-12(11)2)16-10-27-19-17(16)20(26)24(4)21(23-19)28-13(3)18(25)22-15-7-8-15/h5-6,9-10,13,15H,7-8H2,1-4H3,(H,22,25). The molecule has 0 bridgehead atoms. The molecule has 0 saturated heterocycles. The van der Waals surface area contributed by atoms with Gasteiger partial charge < -0.3 is 5.32 Å². The average Bonchev–Trinajstić information content (AvgIpc) is 3.38. The maximum Gasteiger partial charge on any atom is 0.263 e. The third kappa shape index (κ3) is 3.61. The van der Waals surface area contributed by atoms with Gasteiger partial charge in [-0.1, -0.05) is 30.0 Å². The van der Waals surface area contributed by atoms with Crippen molar-refractivity contribution in [3.63, 3.8) is 0 Å². The van der Waals surface area contributed by atoms with E-state index in [-0.39, 0.29) is 16.7 Å². The van der Waals surface area contributed by atoms with Crippen molar-refractivity contribution >= 4 is 39.2 Å². The number of hydrogen-bond donors (Lipinski definition) is 1. The molecule has 2 aromatic heterocycles. The molecule has 28 heavy (non-hydrogen) atoms. The van der Waals surface area contributed by atoms with E-state index in [2.05, 4.69) is 37.4 Å². The molecule has 4 rings (SSSR count). The number of thiophene rings is 1. The van der Waals surface area contributed by atoms with Crippen LogP contribution in [0.4, 0.5) is 0 Å². The Hall–Kier alpha value is -2.12. The summed E-state index contributed by atoms with van der Waals surface area (Å²) in [5.41, 5.74) is 4.31. The Morgan fingerprint density at radius 3 is 2.75 bits per heavy atom. The van der Waals surface area contributed by atoms with Gasteiger partial charge >= 0.3 is 0 Å². The number of nitrogens with zero attached hydrogens (tertiary/aromatic N) is 2. The van der Waals surface area contributed by atoms with Crippen LogP contribution < -0.4 is 10.9 Å². The topological polar surface area (TPSA) is 64.0 Å². The number of rotatable bonds is 5. The first-order valence-electron chi connectivity index (χ1n) is 9.38. The summed E-state index contributed by atoms with van der Waals surface area (Å²) in [5.74, 6) is 0.00356. The van der Waals surface area contributed by atoms with Crippen molar-refractivity contribution in [2.45, 2.75) is 50.1 Å². The molecule has 0 spiro atoms. The third-order valence-electron chi connectivity index (χ3n) is 5.17. The summed E-state index contributed by atoms with van der Waals surface area (Å²) in [6.07, 6.45) is 2.12. The summed E-state index contributed by atoms with van der Waals surface area (Å²) >= 11 is 2.81. The van der Waals surface area contributed by atoms with Crippen LogP contribution in [-0.2, 0) is 11.8 Å². The van der Waals surface area contributed by atoms with Crippen LogP contribution >= 0.6 is 23.1 Å². The molecule has 0 radical (unpaired) electrons. The molecule has 1 aromatic carbocycles. The molecule has 1 unspecified atom stereocenters. The van der Waals surface area contributed by atoms with Crippen molar-refractivity contribution in [3.8, 4) is 11.1 Å². The lowest BCUT2D eigenvalue weighted by molar-refractivity contribution is -0.120. The highest BCUT2D eigenvalue weighted by atomic mass is 32.2. The van der Waals surface area contributed by atoms with E-state index in [0.29, 0.717) is 21.4 Å². The fourth-order valence-corrected chi connectivity index (χ4v) is 4.91. The van der Waals surface area contributed by atoms with Gasteiger partial charge in [0.1, 0.15) is 4.83 Å². The molecule has 1 amide bonds. The summed E-state index contributed by atoms with van der Waals surface area (Å²) in [7, 11) is 1.73. The van der Waals surface area contributed by atoms with Crippen LogP contribution in [-0.4, -0.2) is 26.8 Å². The van der Waals surface area contributed by atoms with Gasteiger partial charge in [-0.15, -0.1) is 11.3 Å². The zero-order valence-corrected chi connectivity index (χ0v) is 18.0. The van der Waals surface area contributed by atoms with Gasteiger partial charge in [-0.25, -0.2) is 4.98 Å². The maximum atomic E-state index is 13.1. The smallest absolute Gasteiger partial charge is 0.263 e. The predicted molar refractivity (Wildman–Crippen MR) is 116 cm³/mol. The van der Waals surface area contributed by atoms with Crippen LogP contribution in [0.3, 0.4) is 0 Å². The van der Waals surface area contributed by atoms with Crippen molar-refractivity contribution in [2.24, 2.45) is 7.05 Å². The van der Waals surface area contributed by atoms with Crippen LogP contribution in [0.1, 0.15) is 30.9 Å². The molecular weight excluding hydrogens is 390 g/mol. The molecule has 1 saturated carbocycles. The Balaban J connectivity index is 1.70. The lowest BCUT2D eigenvalue weighted by atomic mass is 10.0. The molecule has 1 N–H and O–H groups in total. The molecule has 1 aliphatic carbocycles. The van der Waals surface area contributed by atoms with Crippen molar-refractivity contribution in [2.75, 3.05) is 0 Å². The summed E-state index contributed by atoms with van der Waals surface area (Å²) in [6, 6.07) is 6.57. The normalized spacial score (nSPS) is 15.0. The van der Waals surface area contributed by atoms with E-state index < -0.39 is 0 Å². The minimum Gasteiger partial charge on any atom is -0.352 e. The number of thioether (sulfide) groups is 1. The minimum atomic E-state index is -0.296. The van der Waals surface area contributed by atoms with Crippen molar-refractivity contribution in [1.82, 2.24) is 14.9 Å². The number of carbonyl (C=O) groups excluding carboxylic acids is 1. The van der Waals surface area contributed by atoms with E-state index in [1.807, 2.05) is 12.3 Å². The fraction of sp³-hybridized carbons (Fsp3) is 0.381. The van der Waals surface area contributed by atoms with E-state index in [0.717, 1.165) is 24.0 Å². The predicted octanol–water partition coefficient (Wildman–Crippen LogP) is 4.04. The van der Waals surface area contributed by atoms with Gasteiger partial charge in [0, 0.05) is 24.0 Å². The van der Waals surface area contributed by atoms with Gasteiger partial charge in [0.25, 0.3) is 5.56 Å². The second kappa shape index (κ2) is 7.37. The zero-order valence-electron chi connectivity index (χ0n) is 16.4. The van der Waals surface area contributed by atoms with E-state index in [9.17, 15) is 9.59 Å². The number of nitrogens with one attached hydrogen (secondary N) is 1. The number of benzene rings is 1. The molecule has 2 heterocycles. The fourth-order valence-electron chi connectivity index (χ4n) is 3.04. The molecule has 1 fully saturated rings. The first-order chi connectivity index (χ1) is 13.3. The zero-order chi connectivity index (χ0) is 20.0. The first-order valence-corrected chi connectivity index (χ1v) is 11.1. The van der Waals surface area contributed by atoms with Gasteiger partial charge in [-0.3, -0.25) is 14.2 Å². The molecule has 0 aliphatic heterocycles. The number of fused-ring (bicyclic) bond motifs is 1. The highest BCUT2D eigenvalue weighted by Crippen LogP contribution is 2.33. The van der Waals surface area contributed by atoms with Crippen molar-refractivity contribution < 1.29 is 4.79 Å². The van der Waals surface area contributed by atoms with E-state index >= 15 is 0 Å². The van der Waals surface area contributed by atoms with Gasteiger partial charge in [0.2, 0.25) is 5.91 Å². The van der Waals surface area contributed by atoms with Crippen LogP contribution in [0, 0.1) is 13.8 Å². The Morgan fingerprint density at radius 2 is 2.07 bits per heavy atom. The highest BCUT2D eigenvalue weighted by molar-refractivity contribution is 8.00. The van der Waals surface area contributed by atoms with Crippen LogP contribution in [0.25, 0.3) is 21.3 Å². The summed E-state index contributed by atoms with van der Waals surface area (Å²) in [4.78, 5) is 30.8. The van der Waals surface area contributed by atoms with Crippen molar-refractivity contribution in [3.05, 3.63) is 45.1 Å². The Kier molecular flexibility index (Phi) is 5.05. The SMILES string of the molecule is Cc1ccc(-c2csc3nc(SC(C)C(=O)NC4CC4)n(C)c(=O)c23)cc1C. The van der Waals surface area contributed by atoms with E-state index in [1.165, 1.54) is 34.2 Å². The molecule has 3 aromatic rings. The van der Waals surface area contributed by atoms with Gasteiger partial charge in [-0.2, -0.15) is 0 Å². The average molecular weight is 414 g/mol. The third-order valence-corrected chi connectivity index (χ3v) is 7.18. The van der Waals surface area contributed by atoms with Gasteiger partial charge in [-0.05, 0) is 50.3 Å². The van der Waals surface area contributed by atoms with Crippen molar-refractivity contribution in [1.29, 1.82) is 0 Å². The van der Waals surface area contributed by atoms with Crippen LogP contribution in [0.5, 0.6) is 0 Å². The summed E-state index contributed by atoms with van der Waals surface area (Å²) in [5, 5.41) is 5.93. The van der Waals surface area contributed by atoms with Crippen LogP contribution in [0.15, 0.2) is 33.5 Å². The van der Waals surface area contributed by atoms with E-state index in [1.54, 1.807) is 11.6 Å². The maximum absolute atomic E-state index is 13.1. The molecule has 7 heteroatoms. The highest BCUT2D eigenvalue weighted by Gasteiger charge is 2.27. The lowest BCUT2D eigenvalue weighted by Crippen LogP contribution is -2.33. The van der Waals surface area contributed by atoms with Gasteiger partial charge in [0.15, 0.2) is 5.16 Å². The second-order valence-electron chi connectivity index (χ2n) is 7.43.